The van der Waals surface area contributed by atoms with Crippen LogP contribution in [0.15, 0.2) is 30.5 Å². The number of benzene rings is 1. The van der Waals surface area contributed by atoms with Crippen LogP contribution in [0.2, 0.25) is 0 Å². The van der Waals surface area contributed by atoms with Crippen LogP contribution in [0.25, 0.3) is 10.8 Å². The van der Waals surface area contributed by atoms with Crippen molar-refractivity contribution in [2.75, 3.05) is 18.0 Å². The Hall–Kier alpha value is -3.69. The minimum atomic E-state index is -0.601. The third-order valence-electron chi connectivity index (χ3n) is 5.99. The molecular formula is C21H16N6O2S. The first-order valence-corrected chi connectivity index (χ1v) is 9.89. The van der Waals surface area contributed by atoms with Crippen molar-refractivity contribution >= 4 is 45.7 Å². The smallest absolute Gasteiger partial charge is 0.332 e. The van der Waals surface area contributed by atoms with Crippen LogP contribution < -0.4 is 10.2 Å². The molecule has 0 saturated carbocycles. The van der Waals surface area contributed by atoms with Crippen molar-refractivity contribution in [3.63, 3.8) is 0 Å². The highest BCUT2D eigenvalue weighted by Gasteiger charge is 2.62. The fraction of sp³-hybridized carbons (Fsp3) is 0.286. The van der Waals surface area contributed by atoms with Crippen molar-refractivity contribution in [3.05, 3.63) is 36.2 Å². The number of hydrogen-bond acceptors (Lipinski definition) is 5. The third-order valence-corrected chi connectivity index (χ3v) is 6.37. The second-order valence-electron chi connectivity index (χ2n) is 7.43. The van der Waals surface area contributed by atoms with E-state index in [4.69, 9.17) is 18.6 Å². The topological polar surface area (TPSA) is 92.6 Å². The highest BCUT2D eigenvalue weighted by Crippen LogP contribution is 2.43. The van der Waals surface area contributed by atoms with E-state index in [0.29, 0.717) is 41.1 Å². The lowest BCUT2D eigenvalue weighted by molar-refractivity contribution is -0.120. The van der Waals surface area contributed by atoms with Gasteiger partial charge >= 0.3 is 6.03 Å². The molecule has 1 aromatic carbocycles. The van der Waals surface area contributed by atoms with Gasteiger partial charge in [0.05, 0.1) is 30.5 Å². The lowest BCUT2D eigenvalue weighted by atomic mass is 10.1. The quantitative estimate of drug-likeness (QED) is 0.447. The molecule has 3 aliphatic heterocycles. The number of nitrogens with one attached hydrogen (secondary N) is 1. The standard InChI is InChI=1S/C21H16N6O2S/c1-2-7-23-20(30)25-11-12-8-16(25)18-19(28)27(21(29)26(12)18)17-10-24-15(9-22)13-5-3-4-6-14(13)17/h1,3-6,10,12,16,18H,7-8,11H2,(H,23,30)/t12-,16?,18-/m1/s1. The first-order chi connectivity index (χ1) is 14.6. The van der Waals surface area contributed by atoms with E-state index in [1.165, 1.54) is 11.1 Å². The maximum Gasteiger partial charge on any atom is 0.332 e. The second-order valence-corrected chi connectivity index (χ2v) is 7.82. The maximum atomic E-state index is 13.4. The molecule has 0 spiro atoms. The van der Waals surface area contributed by atoms with E-state index in [0.717, 1.165) is 0 Å². The van der Waals surface area contributed by atoms with Gasteiger partial charge in [-0.2, -0.15) is 5.26 Å². The lowest BCUT2D eigenvalue weighted by Crippen LogP contribution is -2.56. The number of fused-ring (bicyclic) bond motifs is 6. The molecule has 30 heavy (non-hydrogen) atoms. The van der Waals surface area contributed by atoms with Crippen molar-refractivity contribution in [2.24, 2.45) is 0 Å². The van der Waals surface area contributed by atoms with Crippen molar-refractivity contribution in [2.45, 2.75) is 24.5 Å². The summed E-state index contributed by atoms with van der Waals surface area (Å²) in [5, 5.41) is 14.1. The number of nitrogens with zero attached hydrogens (tertiary/aromatic N) is 5. The first kappa shape index (κ1) is 18.3. The molecule has 9 heteroatoms. The average Bonchev–Trinajstić information content (AvgIpc) is 3.43. The van der Waals surface area contributed by atoms with Crippen LogP contribution in [-0.4, -0.2) is 63.0 Å². The molecule has 3 atom stereocenters. The summed E-state index contributed by atoms with van der Waals surface area (Å²) in [5.74, 6) is 2.19. The van der Waals surface area contributed by atoms with E-state index >= 15 is 0 Å². The van der Waals surface area contributed by atoms with Gasteiger partial charge in [-0.3, -0.25) is 4.79 Å². The summed E-state index contributed by atoms with van der Waals surface area (Å²) in [7, 11) is 0. The largest absolute Gasteiger partial charge is 0.352 e. The molecule has 1 unspecified atom stereocenters. The van der Waals surface area contributed by atoms with Crippen LogP contribution in [0.1, 0.15) is 12.1 Å². The van der Waals surface area contributed by atoms with Crippen molar-refractivity contribution in [3.8, 4) is 18.4 Å². The molecule has 3 aliphatic rings. The zero-order valence-electron chi connectivity index (χ0n) is 15.8. The second kappa shape index (κ2) is 6.68. The van der Waals surface area contributed by atoms with Gasteiger partial charge in [0.25, 0.3) is 5.91 Å². The number of piperazine rings is 1. The minimum absolute atomic E-state index is 0.0929. The predicted molar refractivity (Wildman–Crippen MR) is 113 cm³/mol. The molecule has 1 N–H and O–H groups in total. The van der Waals surface area contributed by atoms with E-state index in [2.05, 4.69) is 22.3 Å². The van der Waals surface area contributed by atoms with E-state index < -0.39 is 6.04 Å². The zero-order chi connectivity index (χ0) is 21.0. The van der Waals surface area contributed by atoms with Crippen LogP contribution in [0.4, 0.5) is 10.5 Å². The molecule has 1 aromatic heterocycles. The first-order valence-electron chi connectivity index (χ1n) is 9.49. The fourth-order valence-electron chi connectivity index (χ4n) is 4.79. The summed E-state index contributed by atoms with van der Waals surface area (Å²) in [4.78, 5) is 35.7. The molecule has 4 heterocycles. The number of likely N-dealkylation sites (tertiary alicyclic amines) is 1. The van der Waals surface area contributed by atoms with Crippen molar-refractivity contribution in [1.29, 1.82) is 5.26 Å². The lowest BCUT2D eigenvalue weighted by Gasteiger charge is -2.36. The van der Waals surface area contributed by atoms with Crippen LogP contribution >= 0.6 is 12.2 Å². The van der Waals surface area contributed by atoms with E-state index in [1.54, 1.807) is 29.2 Å². The number of hydrogen-bond donors (Lipinski definition) is 1. The Bertz CT molecular complexity index is 1200. The Labute approximate surface area is 178 Å². The monoisotopic (exact) mass is 416 g/mol. The number of amides is 3. The van der Waals surface area contributed by atoms with Gasteiger partial charge in [0.15, 0.2) is 5.11 Å². The van der Waals surface area contributed by atoms with Gasteiger partial charge in [-0.1, -0.05) is 30.2 Å². The molecular weight excluding hydrogens is 400 g/mol. The van der Waals surface area contributed by atoms with E-state index in [1.807, 2.05) is 4.90 Å². The van der Waals surface area contributed by atoms with Crippen LogP contribution in [0, 0.1) is 23.7 Å². The van der Waals surface area contributed by atoms with Gasteiger partial charge in [-0.05, 0) is 18.6 Å². The average molecular weight is 416 g/mol. The van der Waals surface area contributed by atoms with Gasteiger partial charge in [-0.15, -0.1) is 6.42 Å². The van der Waals surface area contributed by atoms with Gasteiger partial charge < -0.3 is 15.1 Å². The zero-order valence-corrected chi connectivity index (χ0v) is 16.6. The number of nitriles is 1. The Balaban J connectivity index is 1.52. The number of urea groups is 1. The van der Waals surface area contributed by atoms with Crippen molar-refractivity contribution in [1.82, 2.24) is 20.1 Å². The molecule has 5 rings (SSSR count). The Kier molecular flexibility index (Phi) is 4.09. The number of imide groups is 1. The molecule has 8 nitrogen and oxygen atoms in total. The molecule has 0 radical (unpaired) electrons. The van der Waals surface area contributed by atoms with Crippen molar-refractivity contribution < 1.29 is 9.59 Å². The Morgan fingerprint density at radius 2 is 2.10 bits per heavy atom. The summed E-state index contributed by atoms with van der Waals surface area (Å²) >= 11 is 5.44. The van der Waals surface area contributed by atoms with Crippen LogP contribution in [-0.2, 0) is 4.79 Å². The highest BCUT2D eigenvalue weighted by molar-refractivity contribution is 7.80. The van der Waals surface area contributed by atoms with Gasteiger partial charge in [0.1, 0.15) is 17.8 Å². The number of rotatable bonds is 2. The molecule has 148 valence electrons. The summed E-state index contributed by atoms with van der Waals surface area (Å²) < 4.78 is 0. The number of carbonyl (C=O) groups is 2. The molecule has 0 aliphatic carbocycles. The number of pyridine rings is 1. The number of anilines is 1. The molecule has 3 saturated heterocycles. The summed E-state index contributed by atoms with van der Waals surface area (Å²) in [6, 6.07) is 7.98. The molecule has 2 bridgehead atoms. The summed E-state index contributed by atoms with van der Waals surface area (Å²) in [6.45, 7) is 0.875. The van der Waals surface area contributed by atoms with Gasteiger partial charge in [0, 0.05) is 17.3 Å². The van der Waals surface area contributed by atoms with Gasteiger partial charge in [0.2, 0.25) is 0 Å². The maximum absolute atomic E-state index is 13.4. The fourth-order valence-corrected chi connectivity index (χ4v) is 5.07. The number of aromatic nitrogens is 1. The molecule has 3 amide bonds. The SMILES string of the molecule is C#CCNC(=S)N1C[C@H]2CC1[C@@H]1C(=O)N(c3cnc(C#N)c4ccccc34)C(=O)N21. The molecule has 2 aromatic rings. The number of terminal acetylenes is 1. The van der Waals surface area contributed by atoms with Crippen LogP contribution in [0.3, 0.4) is 0 Å². The highest BCUT2D eigenvalue weighted by atomic mass is 32.1. The Morgan fingerprint density at radius 3 is 2.83 bits per heavy atom. The minimum Gasteiger partial charge on any atom is -0.352 e. The normalized spacial score (nSPS) is 24.2. The number of thiocarbonyl (C=S) groups is 1. The summed E-state index contributed by atoms with van der Waals surface area (Å²) in [5.41, 5.74) is 0.651. The third kappa shape index (κ3) is 2.39. The predicted octanol–water partition coefficient (Wildman–Crippen LogP) is 1.21. The summed E-state index contributed by atoms with van der Waals surface area (Å²) in [6.07, 6.45) is 7.42. The van der Waals surface area contributed by atoms with E-state index in [-0.39, 0.29) is 29.7 Å². The molecule has 3 fully saturated rings. The number of carbonyl (C=O) groups excluding carboxylic acids is 2. The van der Waals surface area contributed by atoms with Crippen LogP contribution in [0.5, 0.6) is 0 Å². The van der Waals surface area contributed by atoms with Gasteiger partial charge in [-0.25, -0.2) is 14.7 Å². The Morgan fingerprint density at radius 1 is 1.33 bits per heavy atom. The van der Waals surface area contributed by atoms with E-state index in [9.17, 15) is 14.9 Å².